The van der Waals surface area contributed by atoms with Gasteiger partial charge in [-0.1, -0.05) is 30.3 Å². The van der Waals surface area contributed by atoms with Crippen LogP contribution in [0.1, 0.15) is 27.3 Å². The first-order valence-corrected chi connectivity index (χ1v) is 6.29. The molecule has 0 saturated carbocycles. The van der Waals surface area contributed by atoms with Gasteiger partial charge in [-0.15, -0.1) is 0 Å². The van der Waals surface area contributed by atoms with E-state index in [4.69, 9.17) is 5.11 Å². The number of benzene rings is 1. The second-order valence-electron chi connectivity index (χ2n) is 4.78. The molecule has 2 heterocycles. The molecule has 0 bridgehead atoms. The van der Waals surface area contributed by atoms with Crippen LogP contribution in [0.2, 0.25) is 0 Å². The maximum absolute atomic E-state index is 11.1. The second-order valence-corrected chi connectivity index (χ2v) is 4.78. The molecule has 0 unspecified atom stereocenters. The van der Waals surface area contributed by atoms with E-state index in [9.17, 15) is 4.79 Å². The number of fused-ring (bicyclic) bond motifs is 1. The molecule has 2 N–H and O–H groups in total. The van der Waals surface area contributed by atoms with Gasteiger partial charge >= 0.3 is 5.97 Å². The van der Waals surface area contributed by atoms with Gasteiger partial charge in [0.2, 0.25) is 0 Å². The molecule has 0 amide bonds. The molecule has 98 valence electrons. The fraction of sp³-hybridized carbons (Fsp3) is 0.286. The van der Waals surface area contributed by atoms with Gasteiger partial charge in [0.25, 0.3) is 0 Å². The second kappa shape index (κ2) is 4.85. The molecule has 0 fully saturated rings. The van der Waals surface area contributed by atoms with E-state index < -0.39 is 5.97 Å². The van der Waals surface area contributed by atoms with Crippen molar-refractivity contribution in [1.29, 1.82) is 0 Å². The van der Waals surface area contributed by atoms with Crippen molar-refractivity contribution in [2.75, 3.05) is 6.54 Å². The van der Waals surface area contributed by atoms with Crippen LogP contribution in [-0.4, -0.2) is 32.7 Å². The van der Waals surface area contributed by atoms with Crippen molar-refractivity contribution in [3.8, 4) is 0 Å². The quantitative estimate of drug-likeness (QED) is 0.877. The molecule has 0 saturated heterocycles. The van der Waals surface area contributed by atoms with Crippen molar-refractivity contribution in [3.05, 3.63) is 52.8 Å². The summed E-state index contributed by atoms with van der Waals surface area (Å²) in [7, 11) is 0. The first-order valence-electron chi connectivity index (χ1n) is 6.29. The third-order valence-corrected chi connectivity index (χ3v) is 3.46. The summed E-state index contributed by atoms with van der Waals surface area (Å²) in [6.45, 7) is 2.40. The highest BCUT2D eigenvalue weighted by Gasteiger charge is 2.24. The average Bonchev–Trinajstić information content (AvgIpc) is 2.83. The van der Waals surface area contributed by atoms with Crippen LogP contribution in [0.25, 0.3) is 0 Å². The van der Waals surface area contributed by atoms with E-state index in [1.807, 2.05) is 18.2 Å². The van der Waals surface area contributed by atoms with Crippen molar-refractivity contribution < 1.29 is 9.90 Å². The van der Waals surface area contributed by atoms with Crippen LogP contribution >= 0.6 is 0 Å². The molecule has 1 aromatic carbocycles. The van der Waals surface area contributed by atoms with E-state index in [0.717, 1.165) is 30.8 Å². The minimum atomic E-state index is -0.959. The van der Waals surface area contributed by atoms with Crippen molar-refractivity contribution in [2.24, 2.45) is 0 Å². The van der Waals surface area contributed by atoms with Crippen molar-refractivity contribution in [1.82, 2.24) is 15.1 Å². The van der Waals surface area contributed by atoms with Crippen LogP contribution in [0.15, 0.2) is 30.3 Å². The number of hydrogen-bond acceptors (Lipinski definition) is 3. The standard InChI is InChI=1S/C14H15N3O2/c18-14(19)13-11-9-17(7-6-12(11)15-16-13)8-10-4-2-1-3-5-10/h1-5H,6-9H2,(H,15,16)(H,18,19). The molecule has 0 radical (unpaired) electrons. The predicted octanol–water partition coefficient (Wildman–Crippen LogP) is 1.67. The highest BCUT2D eigenvalue weighted by Crippen LogP contribution is 2.21. The van der Waals surface area contributed by atoms with Crippen LogP contribution < -0.4 is 0 Å². The van der Waals surface area contributed by atoms with E-state index in [-0.39, 0.29) is 5.69 Å². The van der Waals surface area contributed by atoms with Gasteiger partial charge in [0, 0.05) is 37.3 Å². The maximum atomic E-state index is 11.1. The van der Waals surface area contributed by atoms with E-state index in [2.05, 4.69) is 27.2 Å². The minimum Gasteiger partial charge on any atom is -0.476 e. The number of aromatic carboxylic acids is 1. The number of rotatable bonds is 3. The van der Waals surface area contributed by atoms with Gasteiger partial charge in [0.15, 0.2) is 5.69 Å². The van der Waals surface area contributed by atoms with Crippen LogP contribution in [0.3, 0.4) is 0 Å². The molecule has 3 rings (SSSR count). The lowest BCUT2D eigenvalue weighted by molar-refractivity contribution is 0.0687. The number of carboxylic acid groups (broad SMARTS) is 1. The van der Waals surface area contributed by atoms with Gasteiger partial charge in [-0.2, -0.15) is 5.10 Å². The maximum Gasteiger partial charge on any atom is 0.356 e. The lowest BCUT2D eigenvalue weighted by Crippen LogP contribution is -2.30. The third kappa shape index (κ3) is 2.37. The van der Waals surface area contributed by atoms with Crippen LogP contribution in [-0.2, 0) is 19.5 Å². The van der Waals surface area contributed by atoms with Crippen molar-refractivity contribution >= 4 is 5.97 Å². The summed E-state index contributed by atoms with van der Waals surface area (Å²) >= 11 is 0. The summed E-state index contributed by atoms with van der Waals surface area (Å²) in [4.78, 5) is 13.3. The molecule has 5 nitrogen and oxygen atoms in total. The zero-order chi connectivity index (χ0) is 13.2. The summed E-state index contributed by atoms with van der Waals surface area (Å²) in [5.41, 5.74) is 3.19. The Morgan fingerprint density at radius 1 is 1.37 bits per heavy atom. The molecule has 1 aromatic heterocycles. The zero-order valence-corrected chi connectivity index (χ0v) is 10.5. The summed E-state index contributed by atoms with van der Waals surface area (Å²) in [6, 6.07) is 10.2. The lowest BCUT2D eigenvalue weighted by Gasteiger charge is -2.26. The number of nitrogens with zero attached hydrogens (tertiary/aromatic N) is 2. The summed E-state index contributed by atoms with van der Waals surface area (Å²) in [5.74, 6) is -0.959. The summed E-state index contributed by atoms with van der Waals surface area (Å²) in [5, 5.41) is 15.8. The Hall–Kier alpha value is -2.14. The number of H-pyrrole nitrogens is 1. The van der Waals surface area contributed by atoms with Crippen LogP contribution in [0.4, 0.5) is 0 Å². The van der Waals surface area contributed by atoms with Gasteiger partial charge in [-0.25, -0.2) is 4.79 Å². The fourth-order valence-corrected chi connectivity index (χ4v) is 2.50. The monoisotopic (exact) mass is 257 g/mol. The van der Waals surface area contributed by atoms with Gasteiger partial charge in [-0.3, -0.25) is 10.00 Å². The Morgan fingerprint density at radius 2 is 2.16 bits per heavy atom. The topological polar surface area (TPSA) is 69.2 Å². The average molecular weight is 257 g/mol. The lowest BCUT2D eigenvalue weighted by atomic mass is 10.0. The van der Waals surface area contributed by atoms with E-state index >= 15 is 0 Å². The van der Waals surface area contributed by atoms with Gasteiger partial charge in [0.05, 0.1) is 0 Å². The molecular weight excluding hydrogens is 242 g/mol. The van der Waals surface area contributed by atoms with E-state index in [1.165, 1.54) is 5.56 Å². The zero-order valence-electron chi connectivity index (χ0n) is 10.5. The Labute approximate surface area is 110 Å². The Balaban J connectivity index is 1.78. The Kier molecular flexibility index (Phi) is 3.05. The molecule has 1 aliphatic heterocycles. The third-order valence-electron chi connectivity index (χ3n) is 3.46. The number of aromatic amines is 1. The van der Waals surface area contributed by atoms with Gasteiger partial charge in [-0.05, 0) is 5.56 Å². The van der Waals surface area contributed by atoms with Crippen molar-refractivity contribution in [3.63, 3.8) is 0 Å². The number of nitrogens with one attached hydrogen (secondary N) is 1. The van der Waals surface area contributed by atoms with E-state index in [0.29, 0.717) is 6.54 Å². The highest BCUT2D eigenvalue weighted by atomic mass is 16.4. The first kappa shape index (κ1) is 11.9. The smallest absolute Gasteiger partial charge is 0.356 e. The predicted molar refractivity (Wildman–Crippen MR) is 69.8 cm³/mol. The van der Waals surface area contributed by atoms with Gasteiger partial charge in [0.1, 0.15) is 0 Å². The van der Waals surface area contributed by atoms with Crippen LogP contribution in [0.5, 0.6) is 0 Å². The highest BCUT2D eigenvalue weighted by molar-refractivity contribution is 5.87. The fourth-order valence-electron chi connectivity index (χ4n) is 2.50. The number of hydrogen-bond donors (Lipinski definition) is 2. The van der Waals surface area contributed by atoms with Crippen molar-refractivity contribution in [2.45, 2.75) is 19.5 Å². The largest absolute Gasteiger partial charge is 0.476 e. The Bertz CT molecular complexity index is 592. The number of carboxylic acids is 1. The Morgan fingerprint density at radius 3 is 2.89 bits per heavy atom. The molecule has 0 atom stereocenters. The van der Waals surface area contributed by atoms with Gasteiger partial charge < -0.3 is 5.11 Å². The molecule has 19 heavy (non-hydrogen) atoms. The number of aromatic nitrogens is 2. The molecule has 0 aliphatic carbocycles. The first-order chi connectivity index (χ1) is 9.24. The molecule has 1 aliphatic rings. The molecule has 0 spiro atoms. The SMILES string of the molecule is O=C(O)c1n[nH]c2c1CN(Cc1ccccc1)CC2. The molecular formula is C14H15N3O2. The summed E-state index contributed by atoms with van der Waals surface area (Å²) in [6.07, 6.45) is 0.822. The molecule has 5 heteroatoms. The number of carbonyl (C=O) groups is 1. The van der Waals surface area contributed by atoms with Crippen LogP contribution in [0, 0.1) is 0 Å². The summed E-state index contributed by atoms with van der Waals surface area (Å²) < 4.78 is 0. The minimum absolute atomic E-state index is 0.160. The normalized spacial score (nSPS) is 15.2. The molecule has 2 aromatic rings. The van der Waals surface area contributed by atoms with E-state index in [1.54, 1.807) is 0 Å².